The number of Topliss-reactive ketones (excluding diaryl/α,β-unsaturated/α-hetero) is 1. The summed E-state index contributed by atoms with van der Waals surface area (Å²) in [5.41, 5.74) is 2.81. The molecule has 130 valence electrons. The lowest BCUT2D eigenvalue weighted by Crippen LogP contribution is -2.28. The fourth-order valence-corrected chi connectivity index (χ4v) is 3.56. The average molecular weight is 366 g/mol. The van der Waals surface area contributed by atoms with Gasteiger partial charge in [-0.1, -0.05) is 41.9 Å². The highest BCUT2D eigenvalue weighted by Crippen LogP contribution is 2.38. The molecule has 0 saturated heterocycles. The molecular weight excluding hydrogens is 350 g/mol. The van der Waals surface area contributed by atoms with Gasteiger partial charge in [-0.15, -0.1) is 0 Å². The Balaban J connectivity index is 1.83. The first-order valence-electron chi connectivity index (χ1n) is 8.29. The fourth-order valence-electron chi connectivity index (χ4n) is 3.37. The van der Waals surface area contributed by atoms with Crippen LogP contribution in [0.5, 0.6) is 0 Å². The third-order valence-corrected chi connectivity index (χ3v) is 4.76. The van der Waals surface area contributed by atoms with Crippen molar-refractivity contribution in [2.24, 2.45) is 0 Å². The number of aromatic nitrogens is 2. The maximum absolute atomic E-state index is 13.1. The molecule has 1 amide bonds. The van der Waals surface area contributed by atoms with Gasteiger partial charge in [-0.2, -0.15) is 5.10 Å². The minimum Gasteiger partial charge on any atom is -0.310 e. The Kier molecular flexibility index (Phi) is 4.09. The molecule has 0 fully saturated rings. The summed E-state index contributed by atoms with van der Waals surface area (Å²) in [6.45, 7) is 1.86. The van der Waals surface area contributed by atoms with Crippen molar-refractivity contribution in [3.8, 4) is 5.69 Å². The van der Waals surface area contributed by atoms with Crippen LogP contribution >= 0.6 is 11.6 Å². The molecule has 0 spiro atoms. The first kappa shape index (κ1) is 16.5. The fraction of sp³-hybridized carbons (Fsp3) is 0.150. The molecule has 1 aromatic heterocycles. The number of fused-ring (bicyclic) bond motifs is 1. The van der Waals surface area contributed by atoms with E-state index in [1.54, 1.807) is 28.9 Å². The minimum absolute atomic E-state index is 0.0969. The summed E-state index contributed by atoms with van der Waals surface area (Å²) in [7, 11) is 0. The van der Waals surface area contributed by atoms with E-state index in [1.807, 2.05) is 37.3 Å². The summed E-state index contributed by atoms with van der Waals surface area (Å²) in [5, 5.41) is 7.94. The average Bonchev–Trinajstić information content (AvgIpc) is 2.97. The molecule has 2 heterocycles. The van der Waals surface area contributed by atoms with E-state index < -0.39 is 5.92 Å². The predicted octanol–water partition coefficient (Wildman–Crippen LogP) is 4.14. The first-order valence-corrected chi connectivity index (χ1v) is 8.67. The second kappa shape index (κ2) is 6.42. The number of hydrogen-bond donors (Lipinski definition) is 1. The molecule has 2 aromatic carbocycles. The Bertz CT molecular complexity index is 1010. The van der Waals surface area contributed by atoms with Crippen molar-refractivity contribution in [3.05, 3.63) is 76.4 Å². The van der Waals surface area contributed by atoms with Crippen molar-refractivity contribution in [2.75, 3.05) is 5.32 Å². The van der Waals surface area contributed by atoms with Crippen molar-refractivity contribution in [2.45, 2.75) is 19.3 Å². The number of amides is 1. The second-order valence-corrected chi connectivity index (χ2v) is 6.71. The van der Waals surface area contributed by atoms with Crippen LogP contribution in [-0.4, -0.2) is 21.5 Å². The summed E-state index contributed by atoms with van der Waals surface area (Å²) in [6, 6.07) is 16.3. The molecule has 0 aliphatic carbocycles. The first-order chi connectivity index (χ1) is 12.5. The molecule has 26 heavy (non-hydrogen) atoms. The molecule has 1 unspecified atom stereocenters. The zero-order valence-corrected chi connectivity index (χ0v) is 14.8. The number of rotatable bonds is 3. The molecule has 3 aromatic rings. The molecule has 1 atom stereocenters. The van der Waals surface area contributed by atoms with Gasteiger partial charge in [0.05, 0.1) is 17.3 Å². The summed E-state index contributed by atoms with van der Waals surface area (Å²) >= 11 is 6.02. The van der Waals surface area contributed by atoms with E-state index in [1.165, 1.54) is 0 Å². The summed E-state index contributed by atoms with van der Waals surface area (Å²) in [6.07, 6.45) is 0.0969. The van der Waals surface area contributed by atoms with E-state index >= 15 is 0 Å². The van der Waals surface area contributed by atoms with Crippen LogP contribution in [0.25, 0.3) is 5.69 Å². The van der Waals surface area contributed by atoms with Crippen LogP contribution in [0.1, 0.15) is 34.0 Å². The van der Waals surface area contributed by atoms with Gasteiger partial charge in [-0.3, -0.25) is 9.59 Å². The van der Waals surface area contributed by atoms with Crippen molar-refractivity contribution in [1.82, 2.24) is 9.78 Å². The van der Waals surface area contributed by atoms with Crippen LogP contribution in [0.15, 0.2) is 54.6 Å². The Hall–Kier alpha value is -2.92. The molecule has 4 rings (SSSR count). The zero-order valence-electron chi connectivity index (χ0n) is 14.1. The molecule has 0 radical (unpaired) electrons. The summed E-state index contributed by atoms with van der Waals surface area (Å²) < 4.78 is 1.68. The van der Waals surface area contributed by atoms with Crippen LogP contribution in [0, 0.1) is 6.92 Å². The third kappa shape index (κ3) is 2.80. The molecule has 0 saturated carbocycles. The van der Waals surface area contributed by atoms with Gasteiger partial charge in [-0.25, -0.2) is 4.68 Å². The Morgan fingerprint density at radius 2 is 1.96 bits per heavy atom. The Morgan fingerprint density at radius 1 is 1.19 bits per heavy atom. The largest absolute Gasteiger partial charge is 0.310 e. The van der Waals surface area contributed by atoms with Gasteiger partial charge in [0.15, 0.2) is 5.78 Å². The van der Waals surface area contributed by atoms with E-state index in [0.717, 1.165) is 16.9 Å². The van der Waals surface area contributed by atoms with E-state index in [4.69, 9.17) is 11.6 Å². The van der Waals surface area contributed by atoms with Gasteiger partial charge in [0.2, 0.25) is 5.91 Å². The SMILES string of the molecule is Cc1nn(-c2ccccc2)c2c1C(C(=O)c1cccc(Cl)c1)CC(=O)N2. The van der Waals surface area contributed by atoms with Gasteiger partial charge < -0.3 is 5.32 Å². The van der Waals surface area contributed by atoms with Crippen LogP contribution < -0.4 is 5.32 Å². The highest BCUT2D eigenvalue weighted by atomic mass is 35.5. The van der Waals surface area contributed by atoms with Crippen LogP contribution in [0.2, 0.25) is 5.02 Å². The number of carbonyl (C=O) groups is 2. The molecule has 6 heteroatoms. The van der Waals surface area contributed by atoms with Gasteiger partial charge >= 0.3 is 0 Å². The number of aryl methyl sites for hydroxylation is 1. The van der Waals surface area contributed by atoms with E-state index in [2.05, 4.69) is 10.4 Å². The van der Waals surface area contributed by atoms with E-state index in [9.17, 15) is 9.59 Å². The van der Waals surface area contributed by atoms with Crippen molar-refractivity contribution in [3.63, 3.8) is 0 Å². The van der Waals surface area contributed by atoms with Gasteiger partial charge in [0, 0.05) is 22.6 Å². The zero-order chi connectivity index (χ0) is 18.3. The normalized spacial score (nSPS) is 16.1. The molecular formula is C20H16ClN3O2. The number of halogens is 1. The standard InChI is InChI=1S/C20H16ClN3O2/c1-12-18-16(19(26)13-6-5-7-14(21)10-13)11-17(25)22-20(18)24(23-12)15-8-3-2-4-9-15/h2-10,16H,11H2,1H3,(H,22,25). The highest BCUT2D eigenvalue weighted by Gasteiger charge is 2.36. The number of nitrogens with one attached hydrogen (secondary N) is 1. The smallest absolute Gasteiger partial charge is 0.226 e. The van der Waals surface area contributed by atoms with Crippen LogP contribution in [0.3, 0.4) is 0 Å². The van der Waals surface area contributed by atoms with Gasteiger partial charge in [0.25, 0.3) is 0 Å². The highest BCUT2D eigenvalue weighted by molar-refractivity contribution is 6.31. The maximum Gasteiger partial charge on any atom is 0.226 e. The van der Waals surface area contributed by atoms with Gasteiger partial charge in [-0.05, 0) is 31.2 Å². The van der Waals surface area contributed by atoms with Gasteiger partial charge in [0.1, 0.15) is 5.82 Å². The molecule has 1 N–H and O–H groups in total. The van der Waals surface area contributed by atoms with Crippen molar-refractivity contribution in [1.29, 1.82) is 0 Å². The Labute approximate surface area is 155 Å². The second-order valence-electron chi connectivity index (χ2n) is 6.27. The number of ketones is 1. The minimum atomic E-state index is -0.574. The van der Waals surface area contributed by atoms with Crippen LogP contribution in [0.4, 0.5) is 5.82 Å². The van der Waals surface area contributed by atoms with E-state index in [0.29, 0.717) is 16.4 Å². The van der Waals surface area contributed by atoms with E-state index in [-0.39, 0.29) is 18.1 Å². The maximum atomic E-state index is 13.1. The molecule has 0 bridgehead atoms. The number of anilines is 1. The molecule has 1 aliphatic heterocycles. The number of nitrogens with zero attached hydrogens (tertiary/aromatic N) is 2. The molecule has 1 aliphatic rings. The predicted molar refractivity (Wildman–Crippen MR) is 100 cm³/mol. The summed E-state index contributed by atoms with van der Waals surface area (Å²) in [4.78, 5) is 25.4. The lowest BCUT2D eigenvalue weighted by atomic mass is 9.85. The van der Waals surface area contributed by atoms with Crippen LogP contribution in [-0.2, 0) is 4.79 Å². The quantitative estimate of drug-likeness (QED) is 0.709. The van der Waals surface area contributed by atoms with Crippen molar-refractivity contribution < 1.29 is 9.59 Å². The summed E-state index contributed by atoms with van der Waals surface area (Å²) in [5.74, 6) is -0.339. The number of para-hydroxylation sites is 1. The number of carbonyl (C=O) groups excluding carboxylic acids is 2. The molecule has 5 nitrogen and oxygen atoms in total. The third-order valence-electron chi connectivity index (χ3n) is 4.53. The lowest BCUT2D eigenvalue weighted by Gasteiger charge is -2.23. The van der Waals surface area contributed by atoms with Crippen molar-refractivity contribution >= 4 is 29.1 Å². The monoisotopic (exact) mass is 365 g/mol. The lowest BCUT2D eigenvalue weighted by molar-refractivity contribution is -0.116. The topological polar surface area (TPSA) is 64.0 Å². The Morgan fingerprint density at radius 3 is 2.69 bits per heavy atom. The number of hydrogen-bond acceptors (Lipinski definition) is 3. The number of benzene rings is 2.